The van der Waals surface area contributed by atoms with E-state index < -0.39 is 4.92 Å². The van der Waals surface area contributed by atoms with Crippen LogP contribution in [0.15, 0.2) is 18.3 Å². The lowest BCUT2D eigenvalue weighted by molar-refractivity contribution is -0.384. The third-order valence-corrected chi connectivity index (χ3v) is 2.17. The normalized spacial score (nSPS) is 16.5. The van der Waals surface area contributed by atoms with Crippen LogP contribution in [0.4, 0.5) is 11.5 Å². The molecular formula is C8H10N4O2. The quantitative estimate of drug-likeness (QED) is 0.534. The lowest BCUT2D eigenvalue weighted by Crippen LogP contribution is -2.56. The fourth-order valence-corrected chi connectivity index (χ4v) is 1.39. The number of nitrogens with two attached hydrogens (primary N) is 1. The Morgan fingerprint density at radius 2 is 2.36 bits per heavy atom. The maximum absolute atomic E-state index is 10.5. The van der Waals surface area contributed by atoms with Gasteiger partial charge in [-0.3, -0.25) is 10.1 Å². The van der Waals surface area contributed by atoms with Crippen molar-refractivity contribution in [3.63, 3.8) is 0 Å². The van der Waals surface area contributed by atoms with Crippen molar-refractivity contribution in [1.82, 2.24) is 4.98 Å². The molecule has 1 saturated heterocycles. The molecule has 2 N–H and O–H groups in total. The average molecular weight is 194 g/mol. The monoisotopic (exact) mass is 194 g/mol. The van der Waals surface area contributed by atoms with Crippen LogP contribution in [0, 0.1) is 10.1 Å². The summed E-state index contributed by atoms with van der Waals surface area (Å²) in [6.07, 6.45) is 1.44. The van der Waals surface area contributed by atoms with Gasteiger partial charge >= 0.3 is 0 Å². The predicted molar refractivity (Wildman–Crippen MR) is 51.1 cm³/mol. The average Bonchev–Trinajstić information content (AvgIpc) is 2.13. The second kappa shape index (κ2) is 3.22. The van der Waals surface area contributed by atoms with Gasteiger partial charge in [0.1, 0.15) is 5.82 Å². The molecule has 2 rings (SSSR count). The van der Waals surface area contributed by atoms with Gasteiger partial charge in [0.2, 0.25) is 0 Å². The molecule has 0 spiro atoms. The molecule has 1 aromatic heterocycles. The molecule has 0 aromatic carbocycles. The Labute approximate surface area is 80.5 Å². The maximum Gasteiger partial charge on any atom is 0.274 e. The second-order valence-electron chi connectivity index (χ2n) is 3.29. The molecule has 1 fully saturated rings. The van der Waals surface area contributed by atoms with E-state index in [0.717, 1.165) is 0 Å². The number of hydrogen-bond acceptors (Lipinski definition) is 5. The number of aromatic nitrogens is 1. The van der Waals surface area contributed by atoms with E-state index in [1.807, 2.05) is 4.90 Å². The lowest BCUT2D eigenvalue weighted by atomic mass is 10.1. The molecule has 14 heavy (non-hydrogen) atoms. The molecule has 1 aliphatic rings. The zero-order valence-corrected chi connectivity index (χ0v) is 7.46. The van der Waals surface area contributed by atoms with Crippen LogP contribution in [-0.2, 0) is 0 Å². The zero-order valence-electron chi connectivity index (χ0n) is 7.46. The molecule has 2 heterocycles. The van der Waals surface area contributed by atoms with E-state index in [1.165, 1.54) is 18.3 Å². The number of pyridine rings is 1. The van der Waals surface area contributed by atoms with E-state index in [1.54, 1.807) is 0 Å². The Morgan fingerprint density at radius 3 is 2.93 bits per heavy atom. The van der Waals surface area contributed by atoms with Gasteiger partial charge in [-0.1, -0.05) is 0 Å². The van der Waals surface area contributed by atoms with E-state index in [9.17, 15) is 10.1 Å². The van der Waals surface area contributed by atoms with E-state index in [0.29, 0.717) is 18.9 Å². The van der Waals surface area contributed by atoms with Gasteiger partial charge in [-0.25, -0.2) is 4.98 Å². The summed E-state index contributed by atoms with van der Waals surface area (Å²) in [6, 6.07) is 3.01. The molecule has 0 bridgehead atoms. The van der Waals surface area contributed by atoms with Gasteiger partial charge in [-0.15, -0.1) is 0 Å². The fourth-order valence-electron chi connectivity index (χ4n) is 1.39. The Kier molecular flexibility index (Phi) is 2.05. The molecule has 0 unspecified atom stereocenters. The van der Waals surface area contributed by atoms with Gasteiger partial charge in [0, 0.05) is 31.4 Å². The van der Waals surface area contributed by atoms with Gasteiger partial charge in [0.05, 0.1) is 11.0 Å². The summed E-state index contributed by atoms with van der Waals surface area (Å²) >= 11 is 0. The minimum absolute atomic E-state index is 0.0653. The van der Waals surface area contributed by atoms with Crippen molar-refractivity contribution in [2.75, 3.05) is 18.0 Å². The minimum atomic E-state index is -0.426. The van der Waals surface area contributed by atoms with Crippen molar-refractivity contribution >= 4 is 11.5 Å². The molecule has 74 valence electrons. The highest BCUT2D eigenvalue weighted by molar-refractivity contribution is 5.48. The number of nitro groups is 1. The first kappa shape index (κ1) is 8.89. The topological polar surface area (TPSA) is 85.3 Å². The van der Waals surface area contributed by atoms with Crippen LogP contribution in [0.3, 0.4) is 0 Å². The largest absolute Gasteiger partial charge is 0.353 e. The molecule has 6 heteroatoms. The van der Waals surface area contributed by atoms with Crippen LogP contribution in [0.2, 0.25) is 0 Å². The van der Waals surface area contributed by atoms with E-state index in [-0.39, 0.29) is 11.7 Å². The van der Waals surface area contributed by atoms with Crippen molar-refractivity contribution in [1.29, 1.82) is 0 Å². The Balaban J connectivity index is 2.18. The summed E-state index contributed by atoms with van der Waals surface area (Å²) in [5, 5.41) is 10.5. The standard InChI is InChI=1S/C8H10N4O2/c9-6-4-11(5-6)8-3-7(12(13)14)1-2-10-8/h1-3,6H,4-5,9H2. The Morgan fingerprint density at radius 1 is 1.64 bits per heavy atom. The van der Waals surface area contributed by atoms with Gasteiger partial charge in [-0.05, 0) is 0 Å². The van der Waals surface area contributed by atoms with Crippen molar-refractivity contribution in [2.45, 2.75) is 6.04 Å². The van der Waals surface area contributed by atoms with E-state index in [2.05, 4.69) is 4.98 Å². The molecule has 6 nitrogen and oxygen atoms in total. The maximum atomic E-state index is 10.5. The molecule has 1 aromatic rings. The zero-order chi connectivity index (χ0) is 10.1. The smallest absolute Gasteiger partial charge is 0.274 e. The van der Waals surface area contributed by atoms with Crippen molar-refractivity contribution in [2.24, 2.45) is 5.73 Å². The molecule has 0 saturated carbocycles. The molecule has 1 aliphatic heterocycles. The molecule has 0 amide bonds. The van der Waals surface area contributed by atoms with Crippen LogP contribution < -0.4 is 10.6 Å². The minimum Gasteiger partial charge on any atom is -0.353 e. The first-order valence-corrected chi connectivity index (χ1v) is 4.28. The van der Waals surface area contributed by atoms with Crippen molar-refractivity contribution < 1.29 is 4.92 Å². The SMILES string of the molecule is NC1CN(c2cc([N+](=O)[O-])ccn2)C1. The summed E-state index contributed by atoms with van der Waals surface area (Å²) in [5.41, 5.74) is 5.67. The predicted octanol–water partition coefficient (Wildman–Crippen LogP) is 0.137. The number of hydrogen-bond donors (Lipinski definition) is 1. The Hall–Kier alpha value is -1.69. The number of anilines is 1. The van der Waals surface area contributed by atoms with E-state index >= 15 is 0 Å². The van der Waals surface area contributed by atoms with Gasteiger partial charge in [0.15, 0.2) is 0 Å². The summed E-state index contributed by atoms with van der Waals surface area (Å²) in [4.78, 5) is 16.0. The highest BCUT2D eigenvalue weighted by Gasteiger charge is 2.25. The molecule has 0 radical (unpaired) electrons. The van der Waals surface area contributed by atoms with Crippen LogP contribution >= 0.6 is 0 Å². The third-order valence-electron chi connectivity index (χ3n) is 2.17. The van der Waals surface area contributed by atoms with Crippen LogP contribution in [0.25, 0.3) is 0 Å². The molecule has 0 atom stereocenters. The summed E-state index contributed by atoms with van der Waals surface area (Å²) in [5.74, 6) is 0.626. The summed E-state index contributed by atoms with van der Waals surface area (Å²) < 4.78 is 0. The highest BCUT2D eigenvalue weighted by atomic mass is 16.6. The van der Waals surface area contributed by atoms with E-state index in [4.69, 9.17) is 5.73 Å². The number of nitrogens with zero attached hydrogens (tertiary/aromatic N) is 3. The summed E-state index contributed by atoms with van der Waals surface area (Å²) in [7, 11) is 0. The van der Waals surface area contributed by atoms with Crippen LogP contribution in [0.1, 0.15) is 0 Å². The summed E-state index contributed by atoms with van der Waals surface area (Å²) in [6.45, 7) is 1.43. The van der Waals surface area contributed by atoms with Crippen molar-refractivity contribution in [3.8, 4) is 0 Å². The van der Waals surface area contributed by atoms with Crippen molar-refractivity contribution in [3.05, 3.63) is 28.4 Å². The second-order valence-corrected chi connectivity index (χ2v) is 3.29. The first-order valence-electron chi connectivity index (χ1n) is 4.28. The highest BCUT2D eigenvalue weighted by Crippen LogP contribution is 2.21. The van der Waals surface area contributed by atoms with Gasteiger partial charge < -0.3 is 10.6 Å². The number of rotatable bonds is 2. The van der Waals surface area contributed by atoms with Gasteiger partial charge in [0.25, 0.3) is 5.69 Å². The van der Waals surface area contributed by atoms with Crippen LogP contribution in [0.5, 0.6) is 0 Å². The first-order chi connectivity index (χ1) is 6.66. The molecular weight excluding hydrogens is 184 g/mol. The fraction of sp³-hybridized carbons (Fsp3) is 0.375. The molecule has 0 aliphatic carbocycles. The van der Waals surface area contributed by atoms with Crippen LogP contribution in [-0.4, -0.2) is 29.0 Å². The third kappa shape index (κ3) is 1.51. The Bertz CT molecular complexity index is 362. The van der Waals surface area contributed by atoms with Gasteiger partial charge in [-0.2, -0.15) is 0 Å². The lowest BCUT2D eigenvalue weighted by Gasteiger charge is -2.37.